The summed E-state index contributed by atoms with van der Waals surface area (Å²) in [5.74, 6) is 0.166. The smallest absolute Gasteiger partial charge is 0.141 e. The van der Waals surface area contributed by atoms with E-state index in [9.17, 15) is 4.39 Å². The summed E-state index contributed by atoms with van der Waals surface area (Å²) in [4.78, 5) is 3.95. The topological polar surface area (TPSA) is 67.6 Å². The third-order valence-corrected chi connectivity index (χ3v) is 2.51. The number of hydrogen-bond acceptors (Lipinski definition) is 3. The number of nitrogens with two attached hydrogens (primary N) is 1. The summed E-state index contributed by atoms with van der Waals surface area (Å²) < 4.78 is 12.9. The van der Waals surface area contributed by atoms with Gasteiger partial charge in [0.05, 0.1) is 11.1 Å². The molecule has 3 N–H and O–H groups in total. The van der Waals surface area contributed by atoms with Gasteiger partial charge in [0.15, 0.2) is 0 Å². The van der Waals surface area contributed by atoms with E-state index >= 15 is 0 Å². The fraction of sp³-hybridized carbons (Fsp3) is 0.200. The molecule has 0 radical (unpaired) electrons. The molecule has 0 aliphatic rings. The first kappa shape index (κ1) is 11.0. The summed E-state index contributed by atoms with van der Waals surface area (Å²) in [6, 6.07) is 4.24. The summed E-state index contributed by atoms with van der Waals surface area (Å²) in [5.41, 5.74) is 6.75. The van der Waals surface area contributed by atoms with Crippen molar-refractivity contribution in [2.24, 2.45) is 5.73 Å². The highest BCUT2D eigenvalue weighted by atomic mass is 35.5. The van der Waals surface area contributed by atoms with Crippen LogP contribution in [-0.4, -0.2) is 15.2 Å². The van der Waals surface area contributed by atoms with Gasteiger partial charge in [-0.3, -0.25) is 5.10 Å². The van der Waals surface area contributed by atoms with Crippen molar-refractivity contribution in [3.63, 3.8) is 0 Å². The van der Waals surface area contributed by atoms with Crippen molar-refractivity contribution in [2.75, 3.05) is 0 Å². The van der Waals surface area contributed by atoms with E-state index in [1.807, 2.05) is 0 Å². The van der Waals surface area contributed by atoms with E-state index < -0.39 is 5.82 Å². The molecule has 0 saturated heterocycles. The Morgan fingerprint density at radius 3 is 2.94 bits per heavy atom. The molecule has 2 rings (SSSR count). The third-order valence-electron chi connectivity index (χ3n) is 2.22. The van der Waals surface area contributed by atoms with Crippen LogP contribution in [0, 0.1) is 5.82 Å². The molecule has 0 fully saturated rings. The van der Waals surface area contributed by atoms with Crippen molar-refractivity contribution >= 4 is 11.6 Å². The summed E-state index contributed by atoms with van der Waals surface area (Å²) >= 11 is 5.67. The molecule has 1 atom stereocenters. The zero-order valence-electron chi connectivity index (χ0n) is 8.32. The number of halogens is 2. The third kappa shape index (κ3) is 2.37. The predicted octanol–water partition coefficient (Wildman–Crippen LogP) is 1.84. The largest absolute Gasteiger partial charge is 0.321 e. The van der Waals surface area contributed by atoms with Gasteiger partial charge in [-0.1, -0.05) is 17.7 Å². The van der Waals surface area contributed by atoms with Gasteiger partial charge in [0.1, 0.15) is 18.0 Å². The van der Waals surface area contributed by atoms with Gasteiger partial charge in [-0.25, -0.2) is 9.37 Å². The van der Waals surface area contributed by atoms with Gasteiger partial charge in [-0.2, -0.15) is 5.10 Å². The Hall–Kier alpha value is -1.46. The molecular formula is C10H10ClFN4. The molecule has 2 aromatic rings. The van der Waals surface area contributed by atoms with Crippen LogP contribution in [0.25, 0.3) is 0 Å². The minimum Gasteiger partial charge on any atom is -0.321 e. The number of benzene rings is 1. The molecule has 1 aromatic carbocycles. The van der Waals surface area contributed by atoms with Crippen LogP contribution in [0.5, 0.6) is 0 Å². The van der Waals surface area contributed by atoms with Crippen molar-refractivity contribution in [3.8, 4) is 0 Å². The number of aromatic amines is 1. The fourth-order valence-corrected chi connectivity index (χ4v) is 1.61. The molecular weight excluding hydrogens is 231 g/mol. The zero-order chi connectivity index (χ0) is 11.5. The number of nitrogens with zero attached hydrogens (tertiary/aromatic N) is 2. The molecule has 0 amide bonds. The maximum Gasteiger partial charge on any atom is 0.141 e. The summed E-state index contributed by atoms with van der Waals surface area (Å²) in [7, 11) is 0. The van der Waals surface area contributed by atoms with E-state index in [2.05, 4.69) is 15.2 Å². The van der Waals surface area contributed by atoms with E-state index in [0.29, 0.717) is 12.2 Å². The van der Waals surface area contributed by atoms with Crippen LogP contribution in [0.2, 0.25) is 5.02 Å². The van der Waals surface area contributed by atoms with Crippen LogP contribution in [0.1, 0.15) is 17.4 Å². The Labute approximate surface area is 96.6 Å². The Morgan fingerprint density at radius 1 is 1.50 bits per heavy atom. The second-order valence-corrected chi connectivity index (χ2v) is 3.84. The Kier molecular flexibility index (Phi) is 3.17. The molecule has 0 spiro atoms. The lowest BCUT2D eigenvalue weighted by Crippen LogP contribution is -2.15. The van der Waals surface area contributed by atoms with E-state index in [4.69, 9.17) is 17.3 Å². The SMILES string of the molecule is NC(Cc1ccc(F)c(Cl)c1)c1ncn[nH]1. The maximum atomic E-state index is 12.9. The molecule has 16 heavy (non-hydrogen) atoms. The zero-order valence-corrected chi connectivity index (χ0v) is 9.08. The molecule has 0 bridgehead atoms. The van der Waals surface area contributed by atoms with Crippen molar-refractivity contribution in [2.45, 2.75) is 12.5 Å². The van der Waals surface area contributed by atoms with Crippen molar-refractivity contribution in [3.05, 3.63) is 46.8 Å². The quantitative estimate of drug-likeness (QED) is 0.860. The average molecular weight is 241 g/mol. The fourth-order valence-electron chi connectivity index (χ4n) is 1.41. The minimum absolute atomic E-state index is 0.0993. The van der Waals surface area contributed by atoms with Gasteiger partial charge in [0.2, 0.25) is 0 Å². The second kappa shape index (κ2) is 4.59. The van der Waals surface area contributed by atoms with E-state index in [-0.39, 0.29) is 11.1 Å². The highest BCUT2D eigenvalue weighted by molar-refractivity contribution is 6.30. The number of hydrogen-bond donors (Lipinski definition) is 2. The van der Waals surface area contributed by atoms with Gasteiger partial charge in [0, 0.05) is 0 Å². The molecule has 6 heteroatoms. The number of rotatable bonds is 3. The molecule has 0 aliphatic heterocycles. The lowest BCUT2D eigenvalue weighted by Gasteiger charge is -2.08. The van der Waals surface area contributed by atoms with Crippen LogP contribution in [-0.2, 0) is 6.42 Å². The lowest BCUT2D eigenvalue weighted by molar-refractivity contribution is 0.624. The molecule has 4 nitrogen and oxygen atoms in total. The summed E-state index contributed by atoms with van der Waals surface area (Å²) in [6.45, 7) is 0. The standard InChI is InChI=1S/C10H10ClFN4/c11-7-3-6(1-2-8(7)12)4-9(13)10-14-5-15-16-10/h1-3,5,9H,4,13H2,(H,14,15,16). The first-order valence-electron chi connectivity index (χ1n) is 4.71. The molecule has 1 unspecified atom stereocenters. The van der Waals surface area contributed by atoms with Crippen molar-refractivity contribution in [1.82, 2.24) is 15.2 Å². The highest BCUT2D eigenvalue weighted by Gasteiger charge is 2.10. The van der Waals surface area contributed by atoms with Gasteiger partial charge in [0.25, 0.3) is 0 Å². The monoisotopic (exact) mass is 240 g/mol. The second-order valence-electron chi connectivity index (χ2n) is 3.43. The molecule has 1 heterocycles. The van der Waals surface area contributed by atoms with Gasteiger partial charge in [-0.05, 0) is 24.1 Å². The molecule has 0 saturated carbocycles. The van der Waals surface area contributed by atoms with E-state index in [1.165, 1.54) is 12.4 Å². The number of H-pyrrole nitrogens is 1. The number of nitrogens with one attached hydrogen (secondary N) is 1. The minimum atomic E-state index is -0.432. The van der Waals surface area contributed by atoms with Gasteiger partial charge < -0.3 is 5.73 Å². The van der Waals surface area contributed by atoms with Crippen LogP contribution >= 0.6 is 11.6 Å². The summed E-state index contributed by atoms with van der Waals surface area (Å²) in [5, 5.41) is 6.50. The molecule has 84 valence electrons. The maximum absolute atomic E-state index is 12.9. The average Bonchev–Trinajstić information content (AvgIpc) is 2.77. The lowest BCUT2D eigenvalue weighted by atomic mass is 10.1. The predicted molar refractivity (Wildman–Crippen MR) is 58.4 cm³/mol. The van der Waals surface area contributed by atoms with Crippen molar-refractivity contribution in [1.29, 1.82) is 0 Å². The first-order valence-corrected chi connectivity index (χ1v) is 5.09. The van der Waals surface area contributed by atoms with Crippen LogP contribution in [0.4, 0.5) is 4.39 Å². The van der Waals surface area contributed by atoms with Crippen molar-refractivity contribution < 1.29 is 4.39 Å². The molecule has 0 aliphatic carbocycles. The number of aromatic nitrogens is 3. The van der Waals surface area contributed by atoms with Gasteiger partial charge in [-0.15, -0.1) is 0 Å². The van der Waals surface area contributed by atoms with E-state index in [1.54, 1.807) is 12.1 Å². The van der Waals surface area contributed by atoms with E-state index in [0.717, 1.165) is 5.56 Å². The Balaban J connectivity index is 2.12. The van der Waals surface area contributed by atoms with Crippen LogP contribution in [0.3, 0.4) is 0 Å². The summed E-state index contributed by atoms with van der Waals surface area (Å²) in [6.07, 6.45) is 1.92. The van der Waals surface area contributed by atoms with Crippen LogP contribution in [0.15, 0.2) is 24.5 Å². The highest BCUT2D eigenvalue weighted by Crippen LogP contribution is 2.19. The molecule has 1 aromatic heterocycles. The van der Waals surface area contributed by atoms with Gasteiger partial charge >= 0.3 is 0 Å². The Bertz CT molecular complexity index is 472. The first-order chi connectivity index (χ1) is 7.66. The Morgan fingerprint density at radius 2 is 2.31 bits per heavy atom. The normalized spacial score (nSPS) is 12.7. The van der Waals surface area contributed by atoms with Crippen LogP contribution < -0.4 is 5.73 Å².